The Morgan fingerprint density at radius 3 is 2.58 bits per heavy atom. The highest BCUT2D eigenvalue weighted by Crippen LogP contribution is 2.09. The van der Waals surface area contributed by atoms with Crippen LogP contribution < -0.4 is 5.32 Å². The average Bonchev–Trinajstić information content (AvgIpc) is 2.05. The zero-order valence-electron chi connectivity index (χ0n) is 8.06. The lowest BCUT2D eigenvalue weighted by Crippen LogP contribution is -2.27. The Kier molecular flexibility index (Phi) is 4.13. The molecule has 12 heavy (non-hydrogen) atoms. The van der Waals surface area contributed by atoms with Crippen LogP contribution in [0, 0.1) is 17.8 Å². The Morgan fingerprint density at radius 2 is 2.00 bits per heavy atom. The maximum atomic E-state index is 3.34. The molecular weight excluding hydrogens is 148 g/mol. The number of hydrogen-bond donors (Lipinski definition) is 1. The normalized spacial score (nSPS) is 18.9. The van der Waals surface area contributed by atoms with Crippen LogP contribution in [0.15, 0.2) is 0 Å². The first kappa shape index (κ1) is 9.57. The van der Waals surface area contributed by atoms with Gasteiger partial charge >= 0.3 is 0 Å². The maximum Gasteiger partial charge on any atom is 0.0596 e. The van der Waals surface area contributed by atoms with E-state index in [-0.39, 0.29) is 0 Å². The molecule has 0 unspecified atom stereocenters. The number of piperidine rings is 1. The van der Waals surface area contributed by atoms with E-state index >= 15 is 0 Å². The summed E-state index contributed by atoms with van der Waals surface area (Å²) < 4.78 is 0. The highest BCUT2D eigenvalue weighted by molar-refractivity contribution is 5.06. The second-order valence-corrected chi connectivity index (χ2v) is 3.58. The topological polar surface area (TPSA) is 15.3 Å². The van der Waals surface area contributed by atoms with Crippen LogP contribution in [0.25, 0.3) is 0 Å². The molecule has 68 valence electrons. The fourth-order valence-corrected chi connectivity index (χ4v) is 1.31. The molecule has 0 radical (unpaired) electrons. The minimum absolute atomic E-state index is 0.645. The standard InChI is InChI=1S/C10H18N2/c1-12(2)9-3-4-10-5-7-11-8-6-10/h10-11H,5-9H2,1-2H3. The predicted molar refractivity (Wildman–Crippen MR) is 51.9 cm³/mol. The molecule has 1 fully saturated rings. The van der Waals surface area contributed by atoms with Crippen molar-refractivity contribution in [2.75, 3.05) is 33.7 Å². The summed E-state index contributed by atoms with van der Waals surface area (Å²) in [6.45, 7) is 3.17. The Labute approximate surface area is 75.3 Å². The van der Waals surface area contributed by atoms with E-state index in [4.69, 9.17) is 0 Å². The van der Waals surface area contributed by atoms with Gasteiger partial charge in [-0.15, -0.1) is 0 Å². The second-order valence-electron chi connectivity index (χ2n) is 3.58. The van der Waals surface area contributed by atoms with E-state index in [9.17, 15) is 0 Å². The van der Waals surface area contributed by atoms with E-state index in [2.05, 4.69) is 36.2 Å². The minimum Gasteiger partial charge on any atom is -0.317 e. The molecule has 0 aliphatic carbocycles. The molecule has 0 atom stereocenters. The summed E-state index contributed by atoms with van der Waals surface area (Å²) >= 11 is 0. The molecule has 0 aromatic carbocycles. The van der Waals surface area contributed by atoms with Crippen molar-refractivity contribution in [3.63, 3.8) is 0 Å². The van der Waals surface area contributed by atoms with E-state index in [1.807, 2.05) is 0 Å². The molecule has 1 rings (SSSR count). The van der Waals surface area contributed by atoms with Gasteiger partial charge in [-0.3, -0.25) is 4.90 Å². The third kappa shape index (κ3) is 3.75. The Bertz CT molecular complexity index is 170. The smallest absolute Gasteiger partial charge is 0.0596 e. The largest absolute Gasteiger partial charge is 0.317 e. The van der Waals surface area contributed by atoms with Crippen LogP contribution in [0.4, 0.5) is 0 Å². The van der Waals surface area contributed by atoms with Crippen LogP contribution in [0.3, 0.4) is 0 Å². The van der Waals surface area contributed by atoms with Crippen LogP contribution in [-0.4, -0.2) is 38.6 Å². The summed E-state index contributed by atoms with van der Waals surface area (Å²) in [6.07, 6.45) is 2.45. The molecule has 0 amide bonds. The van der Waals surface area contributed by atoms with Crippen molar-refractivity contribution in [3.8, 4) is 11.8 Å². The van der Waals surface area contributed by atoms with E-state index in [0.29, 0.717) is 5.92 Å². The molecule has 1 saturated heterocycles. The third-order valence-electron chi connectivity index (χ3n) is 2.04. The van der Waals surface area contributed by atoms with Crippen LogP contribution in [0.2, 0.25) is 0 Å². The average molecular weight is 166 g/mol. The Morgan fingerprint density at radius 1 is 1.33 bits per heavy atom. The van der Waals surface area contributed by atoms with Crippen molar-refractivity contribution in [1.82, 2.24) is 10.2 Å². The molecule has 2 heteroatoms. The second kappa shape index (κ2) is 5.18. The number of hydrogen-bond acceptors (Lipinski definition) is 2. The zero-order chi connectivity index (χ0) is 8.81. The summed E-state index contributed by atoms with van der Waals surface area (Å²) in [5, 5.41) is 3.34. The van der Waals surface area contributed by atoms with Gasteiger partial charge in [0, 0.05) is 5.92 Å². The van der Waals surface area contributed by atoms with Crippen LogP contribution in [0.1, 0.15) is 12.8 Å². The van der Waals surface area contributed by atoms with Gasteiger partial charge in [-0.05, 0) is 40.0 Å². The summed E-state index contributed by atoms with van der Waals surface area (Å²) in [6, 6.07) is 0. The molecule has 1 aliphatic rings. The molecule has 0 saturated carbocycles. The maximum absolute atomic E-state index is 3.34. The number of nitrogens with zero attached hydrogens (tertiary/aromatic N) is 1. The molecule has 1 aliphatic heterocycles. The lowest BCUT2D eigenvalue weighted by atomic mass is 9.99. The fraction of sp³-hybridized carbons (Fsp3) is 0.800. The Balaban J connectivity index is 2.21. The van der Waals surface area contributed by atoms with Crippen molar-refractivity contribution in [3.05, 3.63) is 0 Å². The molecule has 2 nitrogen and oxygen atoms in total. The van der Waals surface area contributed by atoms with Gasteiger partial charge in [-0.1, -0.05) is 11.8 Å². The van der Waals surface area contributed by atoms with E-state index in [1.54, 1.807) is 0 Å². The Hall–Kier alpha value is -0.520. The fourth-order valence-electron chi connectivity index (χ4n) is 1.31. The highest BCUT2D eigenvalue weighted by atomic mass is 15.0. The highest BCUT2D eigenvalue weighted by Gasteiger charge is 2.08. The van der Waals surface area contributed by atoms with Gasteiger partial charge in [0.1, 0.15) is 0 Å². The van der Waals surface area contributed by atoms with E-state index in [1.165, 1.54) is 12.8 Å². The van der Waals surface area contributed by atoms with Crippen LogP contribution in [-0.2, 0) is 0 Å². The zero-order valence-corrected chi connectivity index (χ0v) is 8.06. The van der Waals surface area contributed by atoms with E-state index < -0.39 is 0 Å². The molecular formula is C10H18N2. The van der Waals surface area contributed by atoms with Crippen molar-refractivity contribution >= 4 is 0 Å². The SMILES string of the molecule is CN(C)CC#CC1CCNCC1. The van der Waals surface area contributed by atoms with Gasteiger partial charge < -0.3 is 5.32 Å². The summed E-state index contributed by atoms with van der Waals surface area (Å²) in [7, 11) is 4.11. The number of rotatable bonds is 1. The van der Waals surface area contributed by atoms with Crippen LogP contribution in [0.5, 0.6) is 0 Å². The summed E-state index contributed by atoms with van der Waals surface area (Å²) in [5.41, 5.74) is 0. The minimum atomic E-state index is 0.645. The summed E-state index contributed by atoms with van der Waals surface area (Å²) in [5.74, 6) is 7.17. The molecule has 1 heterocycles. The van der Waals surface area contributed by atoms with Gasteiger partial charge in [0.25, 0.3) is 0 Å². The molecule has 0 aromatic heterocycles. The van der Waals surface area contributed by atoms with Crippen LogP contribution >= 0.6 is 0 Å². The van der Waals surface area contributed by atoms with Gasteiger partial charge in [0.05, 0.1) is 6.54 Å². The first-order chi connectivity index (χ1) is 5.79. The van der Waals surface area contributed by atoms with Crippen molar-refractivity contribution in [2.45, 2.75) is 12.8 Å². The van der Waals surface area contributed by atoms with Gasteiger partial charge in [0.2, 0.25) is 0 Å². The molecule has 0 spiro atoms. The molecule has 0 aromatic rings. The first-order valence-corrected chi connectivity index (χ1v) is 4.63. The molecule has 1 N–H and O–H groups in total. The lowest BCUT2D eigenvalue weighted by Gasteiger charge is -2.17. The van der Waals surface area contributed by atoms with Crippen molar-refractivity contribution in [1.29, 1.82) is 0 Å². The summed E-state index contributed by atoms with van der Waals surface area (Å²) in [4.78, 5) is 2.11. The van der Waals surface area contributed by atoms with Crippen molar-refractivity contribution < 1.29 is 0 Å². The van der Waals surface area contributed by atoms with Crippen molar-refractivity contribution in [2.24, 2.45) is 5.92 Å². The monoisotopic (exact) mass is 166 g/mol. The molecule has 0 bridgehead atoms. The van der Waals surface area contributed by atoms with Gasteiger partial charge in [-0.25, -0.2) is 0 Å². The third-order valence-corrected chi connectivity index (χ3v) is 2.04. The predicted octanol–water partition coefficient (Wildman–Crippen LogP) is 0.551. The quantitative estimate of drug-likeness (QED) is 0.572. The lowest BCUT2D eigenvalue weighted by molar-refractivity contribution is 0.443. The van der Waals surface area contributed by atoms with E-state index in [0.717, 1.165) is 19.6 Å². The van der Waals surface area contributed by atoms with Gasteiger partial charge in [-0.2, -0.15) is 0 Å². The number of nitrogens with one attached hydrogen (secondary N) is 1. The van der Waals surface area contributed by atoms with Gasteiger partial charge in [0.15, 0.2) is 0 Å². The first-order valence-electron chi connectivity index (χ1n) is 4.63.